The van der Waals surface area contributed by atoms with Gasteiger partial charge in [-0.25, -0.2) is 4.79 Å². The summed E-state index contributed by atoms with van der Waals surface area (Å²) in [5.41, 5.74) is 0.571. The van der Waals surface area contributed by atoms with E-state index in [-0.39, 0.29) is 12.6 Å². The van der Waals surface area contributed by atoms with Gasteiger partial charge in [-0.05, 0) is 29.0 Å². The molecule has 0 N–H and O–H groups in total. The Morgan fingerprint density at radius 2 is 2.00 bits per heavy atom. The van der Waals surface area contributed by atoms with E-state index in [0.717, 1.165) is 10.8 Å². The van der Waals surface area contributed by atoms with Crippen LogP contribution in [0.15, 0.2) is 54.6 Å². The molecule has 0 aromatic heterocycles. The first-order chi connectivity index (χ1) is 8.83. The fraction of sp³-hybridized carbons (Fsp3) is 0.0625. The number of rotatable bonds is 3. The molecule has 0 fully saturated rings. The van der Waals surface area contributed by atoms with E-state index in [9.17, 15) is 4.79 Å². The summed E-state index contributed by atoms with van der Waals surface area (Å²) in [4.78, 5) is 11.9. The largest absolute Gasteiger partial charge is 0.458 e. The highest BCUT2D eigenvalue weighted by molar-refractivity contribution is 6.04. The topological polar surface area (TPSA) is 26.3 Å². The molecule has 88 valence electrons. The van der Waals surface area contributed by atoms with Gasteiger partial charge in [-0.1, -0.05) is 42.3 Å². The van der Waals surface area contributed by atoms with Gasteiger partial charge in [0, 0.05) is 0 Å². The SMILES string of the molecule is C#C/C=C/COC(=O)c1cccc2ccccc12. The van der Waals surface area contributed by atoms with Gasteiger partial charge in [0.25, 0.3) is 0 Å². The van der Waals surface area contributed by atoms with Crippen LogP contribution in [0.5, 0.6) is 0 Å². The Labute approximate surface area is 106 Å². The van der Waals surface area contributed by atoms with Gasteiger partial charge in [0.2, 0.25) is 0 Å². The summed E-state index contributed by atoms with van der Waals surface area (Å²) in [6.07, 6.45) is 8.19. The summed E-state index contributed by atoms with van der Waals surface area (Å²) in [5.74, 6) is 2.00. The Bertz CT molecular complexity index is 628. The summed E-state index contributed by atoms with van der Waals surface area (Å²) in [6.45, 7) is 0.187. The summed E-state index contributed by atoms with van der Waals surface area (Å²) < 4.78 is 5.12. The van der Waals surface area contributed by atoms with Crippen LogP contribution in [-0.2, 0) is 4.74 Å². The molecule has 0 saturated heterocycles. The smallest absolute Gasteiger partial charge is 0.339 e. The Kier molecular flexibility index (Phi) is 3.78. The van der Waals surface area contributed by atoms with Crippen molar-refractivity contribution >= 4 is 16.7 Å². The molecule has 0 aliphatic rings. The maximum Gasteiger partial charge on any atom is 0.339 e. The summed E-state index contributed by atoms with van der Waals surface area (Å²) in [7, 11) is 0. The molecule has 2 rings (SSSR count). The second-order valence-electron chi connectivity index (χ2n) is 3.69. The Balaban J connectivity index is 2.23. The number of hydrogen-bond acceptors (Lipinski definition) is 2. The third-order valence-corrected chi connectivity index (χ3v) is 2.53. The van der Waals surface area contributed by atoms with Crippen LogP contribution in [0.3, 0.4) is 0 Å². The van der Waals surface area contributed by atoms with Crippen LogP contribution < -0.4 is 0 Å². The molecule has 0 heterocycles. The summed E-state index contributed by atoms with van der Waals surface area (Å²) in [5, 5.41) is 1.91. The van der Waals surface area contributed by atoms with Gasteiger partial charge in [-0.2, -0.15) is 0 Å². The highest BCUT2D eigenvalue weighted by Crippen LogP contribution is 2.19. The molecule has 0 unspecified atom stereocenters. The van der Waals surface area contributed by atoms with Gasteiger partial charge in [-0.3, -0.25) is 0 Å². The maximum absolute atomic E-state index is 11.9. The van der Waals surface area contributed by atoms with E-state index in [0.29, 0.717) is 5.56 Å². The minimum atomic E-state index is -0.339. The molecule has 2 aromatic carbocycles. The van der Waals surface area contributed by atoms with Crippen molar-refractivity contribution in [1.82, 2.24) is 0 Å². The summed E-state index contributed by atoms with van der Waals surface area (Å²) in [6, 6.07) is 13.3. The fourth-order valence-electron chi connectivity index (χ4n) is 1.72. The molecular weight excluding hydrogens is 224 g/mol. The van der Waals surface area contributed by atoms with Crippen LogP contribution in [-0.4, -0.2) is 12.6 Å². The minimum Gasteiger partial charge on any atom is -0.458 e. The molecule has 0 aliphatic carbocycles. The van der Waals surface area contributed by atoms with Crippen molar-refractivity contribution in [2.75, 3.05) is 6.61 Å². The normalized spacial score (nSPS) is 10.4. The number of fused-ring (bicyclic) bond motifs is 1. The monoisotopic (exact) mass is 236 g/mol. The molecule has 2 aromatic rings. The van der Waals surface area contributed by atoms with E-state index in [1.807, 2.05) is 36.4 Å². The molecule has 0 spiro atoms. The molecule has 0 saturated carbocycles. The Hall–Kier alpha value is -2.53. The van der Waals surface area contributed by atoms with Crippen molar-refractivity contribution in [3.8, 4) is 12.3 Å². The Morgan fingerprint density at radius 3 is 2.83 bits per heavy atom. The number of ether oxygens (including phenoxy) is 1. The molecule has 0 radical (unpaired) electrons. The number of carbonyl (C=O) groups excluding carboxylic acids is 1. The summed E-state index contributed by atoms with van der Waals surface area (Å²) >= 11 is 0. The number of hydrogen-bond donors (Lipinski definition) is 0. The molecule has 0 atom stereocenters. The predicted molar refractivity (Wildman–Crippen MR) is 72.2 cm³/mol. The second-order valence-corrected chi connectivity index (χ2v) is 3.69. The highest BCUT2D eigenvalue weighted by atomic mass is 16.5. The van der Waals surface area contributed by atoms with E-state index >= 15 is 0 Å². The first-order valence-electron chi connectivity index (χ1n) is 5.59. The van der Waals surface area contributed by atoms with Crippen LogP contribution in [0.25, 0.3) is 10.8 Å². The molecule has 18 heavy (non-hydrogen) atoms. The third kappa shape index (κ3) is 2.58. The lowest BCUT2D eigenvalue weighted by molar-refractivity contribution is 0.0552. The molecule has 0 aliphatic heterocycles. The van der Waals surface area contributed by atoms with Crippen molar-refractivity contribution < 1.29 is 9.53 Å². The molecular formula is C16H12O2. The van der Waals surface area contributed by atoms with Crippen molar-refractivity contribution in [3.05, 3.63) is 60.2 Å². The zero-order chi connectivity index (χ0) is 12.8. The van der Waals surface area contributed by atoms with E-state index in [1.54, 1.807) is 12.1 Å². The number of terminal acetylenes is 1. The number of benzene rings is 2. The Morgan fingerprint density at radius 1 is 1.22 bits per heavy atom. The fourth-order valence-corrected chi connectivity index (χ4v) is 1.72. The standard InChI is InChI=1S/C16H12O2/c1-2-3-6-12-18-16(17)15-11-7-9-13-8-4-5-10-14(13)15/h1,3-11H,12H2/b6-3+. The molecule has 2 heteroatoms. The quantitative estimate of drug-likeness (QED) is 0.604. The van der Waals surface area contributed by atoms with Crippen molar-refractivity contribution in [1.29, 1.82) is 0 Å². The maximum atomic E-state index is 11.9. The molecule has 0 bridgehead atoms. The third-order valence-electron chi connectivity index (χ3n) is 2.53. The van der Waals surface area contributed by atoms with E-state index in [2.05, 4.69) is 5.92 Å². The van der Waals surface area contributed by atoms with E-state index < -0.39 is 0 Å². The van der Waals surface area contributed by atoms with Crippen molar-refractivity contribution in [3.63, 3.8) is 0 Å². The van der Waals surface area contributed by atoms with Crippen LogP contribution >= 0.6 is 0 Å². The lowest BCUT2D eigenvalue weighted by Crippen LogP contribution is -2.05. The van der Waals surface area contributed by atoms with Gasteiger partial charge in [0.1, 0.15) is 6.61 Å². The first-order valence-corrected chi connectivity index (χ1v) is 5.59. The van der Waals surface area contributed by atoms with Crippen LogP contribution in [0, 0.1) is 12.3 Å². The van der Waals surface area contributed by atoms with Gasteiger partial charge in [-0.15, -0.1) is 6.42 Å². The average Bonchev–Trinajstić information content (AvgIpc) is 2.43. The van der Waals surface area contributed by atoms with Crippen molar-refractivity contribution in [2.24, 2.45) is 0 Å². The first kappa shape index (κ1) is 11.9. The van der Waals surface area contributed by atoms with E-state index in [4.69, 9.17) is 11.2 Å². The van der Waals surface area contributed by atoms with Gasteiger partial charge >= 0.3 is 5.97 Å². The predicted octanol–water partition coefficient (Wildman–Crippen LogP) is 3.19. The van der Waals surface area contributed by atoms with Crippen molar-refractivity contribution in [2.45, 2.75) is 0 Å². The van der Waals surface area contributed by atoms with Gasteiger partial charge in [0.15, 0.2) is 0 Å². The van der Waals surface area contributed by atoms with Crippen LogP contribution in [0.2, 0.25) is 0 Å². The zero-order valence-electron chi connectivity index (χ0n) is 9.80. The zero-order valence-corrected chi connectivity index (χ0v) is 9.80. The average molecular weight is 236 g/mol. The number of esters is 1. The molecule has 0 amide bonds. The lowest BCUT2D eigenvalue weighted by atomic mass is 10.1. The van der Waals surface area contributed by atoms with Crippen LogP contribution in [0.4, 0.5) is 0 Å². The minimum absolute atomic E-state index is 0.187. The number of allylic oxidation sites excluding steroid dienone is 1. The van der Waals surface area contributed by atoms with E-state index in [1.165, 1.54) is 6.08 Å². The second kappa shape index (κ2) is 5.70. The van der Waals surface area contributed by atoms with Gasteiger partial charge in [0.05, 0.1) is 5.56 Å². The van der Waals surface area contributed by atoms with Gasteiger partial charge < -0.3 is 4.74 Å². The highest BCUT2D eigenvalue weighted by Gasteiger charge is 2.09. The molecule has 2 nitrogen and oxygen atoms in total. The van der Waals surface area contributed by atoms with Crippen LogP contribution in [0.1, 0.15) is 10.4 Å². The number of carbonyl (C=O) groups is 1. The lowest BCUT2D eigenvalue weighted by Gasteiger charge is -2.05.